The van der Waals surface area contributed by atoms with E-state index in [0.717, 1.165) is 44.0 Å². The minimum absolute atomic E-state index is 0. The second-order valence-electron chi connectivity index (χ2n) is 6.79. The summed E-state index contributed by atoms with van der Waals surface area (Å²) in [5, 5.41) is 13.3. The zero-order chi connectivity index (χ0) is 19.2. The number of carbonyl (C=O) groups is 1. The molecule has 1 amide bonds. The summed E-state index contributed by atoms with van der Waals surface area (Å²) in [5.41, 5.74) is 0. The Kier molecular flexibility index (Phi) is 8.67. The Morgan fingerprint density at radius 2 is 2.29 bits per heavy atom. The lowest BCUT2D eigenvalue weighted by atomic mass is 10.1. The minimum atomic E-state index is -0.0305. The van der Waals surface area contributed by atoms with Crippen molar-refractivity contribution in [1.29, 1.82) is 0 Å². The number of rotatable bonds is 6. The van der Waals surface area contributed by atoms with Gasteiger partial charge < -0.3 is 15.5 Å². The Hall–Kier alpha value is -1.69. The molecular weight excluding hydrogens is 489 g/mol. The van der Waals surface area contributed by atoms with Crippen LogP contribution in [0.2, 0.25) is 0 Å². The van der Waals surface area contributed by atoms with E-state index in [1.807, 2.05) is 11.6 Å². The lowest BCUT2D eigenvalue weighted by molar-refractivity contribution is -0.127. The summed E-state index contributed by atoms with van der Waals surface area (Å²) >= 11 is 1.74. The van der Waals surface area contributed by atoms with Crippen LogP contribution in [0, 0.1) is 6.92 Å². The van der Waals surface area contributed by atoms with Gasteiger partial charge in [0.15, 0.2) is 5.96 Å². The highest BCUT2D eigenvalue weighted by Gasteiger charge is 2.24. The Morgan fingerprint density at radius 1 is 1.46 bits per heavy atom. The molecule has 0 fully saturated rings. The highest BCUT2D eigenvalue weighted by atomic mass is 127. The van der Waals surface area contributed by atoms with Gasteiger partial charge in [0, 0.05) is 32.1 Å². The molecule has 0 saturated carbocycles. The van der Waals surface area contributed by atoms with E-state index < -0.39 is 0 Å². The summed E-state index contributed by atoms with van der Waals surface area (Å²) in [6.07, 6.45) is 2.91. The molecule has 0 bridgehead atoms. The monoisotopic (exact) mass is 517 g/mol. The van der Waals surface area contributed by atoms with Gasteiger partial charge in [-0.1, -0.05) is 6.07 Å². The number of thiophene rings is 1. The Bertz CT molecular complexity index is 788. The molecule has 2 N–H and O–H groups in total. The number of halogens is 1. The summed E-state index contributed by atoms with van der Waals surface area (Å²) in [7, 11) is 3.48. The molecule has 0 spiro atoms. The lowest BCUT2D eigenvalue weighted by Gasteiger charge is -2.25. The molecule has 1 atom stereocenters. The molecule has 0 saturated heterocycles. The number of nitrogens with one attached hydrogen (secondary N) is 2. The fourth-order valence-electron chi connectivity index (χ4n) is 2.97. The molecule has 1 aliphatic heterocycles. The maximum absolute atomic E-state index is 11.9. The number of hydrogen-bond acceptors (Lipinski definition) is 5. The van der Waals surface area contributed by atoms with E-state index in [4.69, 9.17) is 0 Å². The molecular formula is C18H28IN7OS. The molecule has 3 heterocycles. The van der Waals surface area contributed by atoms with Crippen molar-refractivity contribution in [1.82, 2.24) is 30.3 Å². The molecule has 2 aromatic rings. The lowest BCUT2D eigenvalue weighted by Crippen LogP contribution is -2.43. The van der Waals surface area contributed by atoms with Crippen molar-refractivity contribution in [2.75, 3.05) is 27.2 Å². The van der Waals surface area contributed by atoms with Gasteiger partial charge >= 0.3 is 0 Å². The van der Waals surface area contributed by atoms with E-state index in [1.54, 1.807) is 30.3 Å². The molecule has 0 aliphatic carbocycles. The first kappa shape index (κ1) is 22.6. The van der Waals surface area contributed by atoms with Crippen LogP contribution in [0.3, 0.4) is 0 Å². The molecule has 28 heavy (non-hydrogen) atoms. The predicted molar refractivity (Wildman–Crippen MR) is 122 cm³/mol. The third-order valence-corrected chi connectivity index (χ3v) is 5.34. The van der Waals surface area contributed by atoms with Crippen LogP contribution >= 0.6 is 35.3 Å². The first-order chi connectivity index (χ1) is 13.0. The first-order valence-corrected chi connectivity index (χ1v) is 10.1. The fourth-order valence-corrected chi connectivity index (χ4v) is 3.68. The van der Waals surface area contributed by atoms with Crippen molar-refractivity contribution >= 4 is 47.2 Å². The standard InChI is InChI=1S/C18H27N7OS.HI/c1-13-21-17-15(7-4-10-25(17)23-13)22-18(20-12-16(26)24(2)3)19-9-8-14-6-5-11-27-14;/h5-6,11,15H,4,7-10,12H2,1-3H3,(H2,19,20,22);1H. The number of guanidine groups is 1. The highest BCUT2D eigenvalue weighted by Crippen LogP contribution is 2.22. The number of aliphatic imine (C=N–C) groups is 1. The number of nitrogens with zero attached hydrogens (tertiary/aromatic N) is 5. The molecule has 1 aliphatic rings. The topological polar surface area (TPSA) is 87.4 Å². The van der Waals surface area contributed by atoms with Gasteiger partial charge in [-0.3, -0.25) is 4.79 Å². The van der Waals surface area contributed by atoms with Gasteiger partial charge in [-0.15, -0.1) is 35.3 Å². The van der Waals surface area contributed by atoms with Gasteiger partial charge in [-0.25, -0.2) is 14.7 Å². The zero-order valence-corrected chi connectivity index (χ0v) is 19.7. The average Bonchev–Trinajstić information content (AvgIpc) is 3.28. The summed E-state index contributed by atoms with van der Waals surface area (Å²) < 4.78 is 1.96. The number of aromatic nitrogens is 3. The quantitative estimate of drug-likeness (QED) is 0.348. The number of aryl methyl sites for hydroxylation is 2. The third-order valence-electron chi connectivity index (χ3n) is 4.41. The van der Waals surface area contributed by atoms with Gasteiger partial charge in [0.2, 0.25) is 5.91 Å². The summed E-state index contributed by atoms with van der Waals surface area (Å²) in [6, 6.07) is 4.22. The van der Waals surface area contributed by atoms with E-state index in [1.165, 1.54) is 4.88 Å². The Balaban J connectivity index is 0.00000280. The van der Waals surface area contributed by atoms with E-state index in [9.17, 15) is 4.79 Å². The SMILES string of the molecule is Cc1nc2n(n1)CCCC2NC(=NCC(=O)N(C)C)NCCc1cccs1.I. The van der Waals surface area contributed by atoms with Crippen LogP contribution in [0.15, 0.2) is 22.5 Å². The number of fused-ring (bicyclic) bond motifs is 1. The van der Waals surface area contributed by atoms with Crippen molar-refractivity contribution in [3.05, 3.63) is 34.0 Å². The molecule has 2 aromatic heterocycles. The molecule has 8 nitrogen and oxygen atoms in total. The molecule has 1 unspecified atom stereocenters. The number of amides is 1. The van der Waals surface area contributed by atoms with Gasteiger partial charge in [0.25, 0.3) is 0 Å². The summed E-state index contributed by atoms with van der Waals surface area (Å²) in [6.45, 7) is 3.67. The molecule has 154 valence electrons. The molecule has 0 aromatic carbocycles. The largest absolute Gasteiger partial charge is 0.356 e. The molecule has 0 radical (unpaired) electrons. The van der Waals surface area contributed by atoms with E-state index in [-0.39, 0.29) is 42.5 Å². The van der Waals surface area contributed by atoms with E-state index in [0.29, 0.717) is 5.96 Å². The number of likely N-dealkylation sites (N-methyl/N-ethyl adjacent to an activating group) is 1. The summed E-state index contributed by atoms with van der Waals surface area (Å²) in [5.74, 6) is 2.33. The van der Waals surface area contributed by atoms with Crippen molar-refractivity contribution in [3.8, 4) is 0 Å². The first-order valence-electron chi connectivity index (χ1n) is 9.21. The third kappa shape index (κ3) is 6.16. The highest BCUT2D eigenvalue weighted by molar-refractivity contribution is 14.0. The van der Waals surface area contributed by atoms with Crippen LogP contribution in [0.4, 0.5) is 0 Å². The van der Waals surface area contributed by atoms with Crippen LogP contribution in [-0.4, -0.2) is 58.7 Å². The van der Waals surface area contributed by atoms with Crippen molar-refractivity contribution in [3.63, 3.8) is 0 Å². The Morgan fingerprint density at radius 3 is 3.00 bits per heavy atom. The number of carbonyl (C=O) groups excluding carboxylic acids is 1. The van der Waals surface area contributed by atoms with Crippen LogP contribution in [0.1, 0.15) is 35.4 Å². The van der Waals surface area contributed by atoms with Crippen LogP contribution in [-0.2, 0) is 17.8 Å². The predicted octanol–water partition coefficient (Wildman–Crippen LogP) is 1.97. The van der Waals surface area contributed by atoms with Gasteiger partial charge in [0.1, 0.15) is 18.2 Å². The van der Waals surface area contributed by atoms with Gasteiger partial charge in [0.05, 0.1) is 6.04 Å². The van der Waals surface area contributed by atoms with Crippen LogP contribution in [0.25, 0.3) is 0 Å². The normalized spacial score (nSPS) is 16.1. The van der Waals surface area contributed by atoms with Crippen molar-refractivity contribution in [2.24, 2.45) is 4.99 Å². The van der Waals surface area contributed by atoms with Crippen molar-refractivity contribution in [2.45, 2.75) is 38.8 Å². The second kappa shape index (κ2) is 10.7. The molecule has 10 heteroatoms. The zero-order valence-electron chi connectivity index (χ0n) is 16.5. The van der Waals surface area contributed by atoms with E-state index >= 15 is 0 Å². The minimum Gasteiger partial charge on any atom is -0.356 e. The van der Waals surface area contributed by atoms with E-state index in [2.05, 4.69) is 43.2 Å². The second-order valence-corrected chi connectivity index (χ2v) is 7.82. The maximum atomic E-state index is 11.9. The van der Waals surface area contributed by atoms with Gasteiger partial charge in [-0.2, -0.15) is 5.10 Å². The van der Waals surface area contributed by atoms with Gasteiger partial charge in [-0.05, 0) is 37.6 Å². The fraction of sp³-hybridized carbons (Fsp3) is 0.556. The van der Waals surface area contributed by atoms with Crippen LogP contribution in [0.5, 0.6) is 0 Å². The average molecular weight is 517 g/mol. The van der Waals surface area contributed by atoms with Crippen molar-refractivity contribution < 1.29 is 4.79 Å². The summed E-state index contributed by atoms with van der Waals surface area (Å²) in [4.78, 5) is 23.9. The van der Waals surface area contributed by atoms with Crippen LogP contribution < -0.4 is 10.6 Å². The Labute approximate surface area is 186 Å². The smallest absolute Gasteiger partial charge is 0.243 e. The maximum Gasteiger partial charge on any atom is 0.243 e. The molecule has 3 rings (SSSR count). The number of hydrogen-bond donors (Lipinski definition) is 2.